The molecule has 0 amide bonds. The normalized spacial score (nSPS) is 12.7. The highest BCUT2D eigenvalue weighted by molar-refractivity contribution is 5.01. The van der Waals surface area contributed by atoms with Crippen LogP contribution in [0.2, 0.25) is 0 Å². The molecular weight excluding hydrogens is 176 g/mol. The Bertz CT molecular complexity index is 232. The zero-order valence-corrected chi connectivity index (χ0v) is 8.74. The lowest BCUT2D eigenvalue weighted by atomic mass is 10.3. The van der Waals surface area contributed by atoms with Gasteiger partial charge in [0.2, 0.25) is 0 Å². The third-order valence-corrected chi connectivity index (χ3v) is 2.23. The number of nitrogens with one attached hydrogen (secondary N) is 1. The first kappa shape index (κ1) is 11.1. The lowest BCUT2D eigenvalue weighted by Gasteiger charge is -2.16. The van der Waals surface area contributed by atoms with E-state index in [2.05, 4.69) is 11.9 Å². The maximum atomic E-state index is 8.90. The first-order valence-electron chi connectivity index (χ1n) is 5.21. The number of aliphatic hydroxyl groups excluding tert-OH is 1. The summed E-state index contributed by atoms with van der Waals surface area (Å²) in [7, 11) is 0. The van der Waals surface area contributed by atoms with E-state index in [1.807, 2.05) is 24.4 Å². The number of hydrogen-bond acceptors (Lipinski definition) is 2. The fourth-order valence-electron chi connectivity index (χ4n) is 1.57. The summed E-state index contributed by atoms with van der Waals surface area (Å²) in [5.74, 6) is 0. The van der Waals surface area contributed by atoms with Gasteiger partial charge in [-0.05, 0) is 18.6 Å². The molecule has 0 spiro atoms. The monoisotopic (exact) mass is 195 g/mol. The molecule has 3 nitrogen and oxygen atoms in total. The van der Waals surface area contributed by atoms with Gasteiger partial charge in [-0.1, -0.05) is 13.0 Å². The molecular formula is C11H19N2O+. The van der Waals surface area contributed by atoms with Crippen molar-refractivity contribution in [3.8, 4) is 0 Å². The number of nitrogens with zero attached hydrogens (tertiary/aromatic N) is 1. The Hall–Kier alpha value is -0.930. The van der Waals surface area contributed by atoms with Gasteiger partial charge in [0.1, 0.15) is 13.1 Å². The second-order valence-electron chi connectivity index (χ2n) is 3.47. The van der Waals surface area contributed by atoms with Crippen molar-refractivity contribution in [2.24, 2.45) is 0 Å². The number of hydrogen-bond donors (Lipinski definition) is 2. The minimum absolute atomic E-state index is 0.252. The number of aromatic nitrogens is 1. The van der Waals surface area contributed by atoms with E-state index in [0.29, 0.717) is 0 Å². The van der Waals surface area contributed by atoms with Gasteiger partial charge in [-0.15, -0.1) is 0 Å². The van der Waals surface area contributed by atoms with Crippen LogP contribution in [0.5, 0.6) is 0 Å². The predicted octanol–water partition coefficient (Wildman–Crippen LogP) is -0.131. The summed E-state index contributed by atoms with van der Waals surface area (Å²) >= 11 is 0. The van der Waals surface area contributed by atoms with Crippen LogP contribution < -0.4 is 4.90 Å². The molecule has 1 unspecified atom stereocenters. The van der Waals surface area contributed by atoms with E-state index in [4.69, 9.17) is 5.11 Å². The van der Waals surface area contributed by atoms with Crippen molar-refractivity contribution >= 4 is 0 Å². The molecule has 0 aliphatic heterocycles. The minimum atomic E-state index is 0.252. The van der Waals surface area contributed by atoms with Crippen LogP contribution in [0.25, 0.3) is 0 Å². The van der Waals surface area contributed by atoms with Gasteiger partial charge in [0.05, 0.1) is 18.8 Å². The van der Waals surface area contributed by atoms with Crippen molar-refractivity contribution in [1.82, 2.24) is 4.98 Å². The highest BCUT2D eigenvalue weighted by Gasteiger charge is 2.07. The standard InChI is InChI=1S/C11H18N2O/c1-2-7-13(8-9-14)10-11-5-3-4-6-12-11/h3-6,14H,2,7-10H2,1H3/p+1. The van der Waals surface area contributed by atoms with E-state index in [1.165, 1.54) is 4.90 Å². The van der Waals surface area contributed by atoms with Gasteiger partial charge >= 0.3 is 0 Å². The van der Waals surface area contributed by atoms with Crippen molar-refractivity contribution < 1.29 is 10.0 Å². The van der Waals surface area contributed by atoms with Crippen LogP contribution in [0.3, 0.4) is 0 Å². The Morgan fingerprint density at radius 3 is 2.79 bits per heavy atom. The van der Waals surface area contributed by atoms with Crippen LogP contribution in [0.4, 0.5) is 0 Å². The van der Waals surface area contributed by atoms with Crippen molar-refractivity contribution in [3.63, 3.8) is 0 Å². The summed E-state index contributed by atoms with van der Waals surface area (Å²) in [6, 6.07) is 5.97. The first-order valence-corrected chi connectivity index (χ1v) is 5.21. The van der Waals surface area contributed by atoms with Gasteiger partial charge in [-0.2, -0.15) is 0 Å². The Labute approximate surface area is 85.4 Å². The third-order valence-electron chi connectivity index (χ3n) is 2.23. The second kappa shape index (κ2) is 6.51. The molecule has 0 bridgehead atoms. The average molecular weight is 195 g/mol. The van der Waals surface area contributed by atoms with E-state index in [-0.39, 0.29) is 6.61 Å². The topological polar surface area (TPSA) is 37.6 Å². The summed E-state index contributed by atoms with van der Waals surface area (Å²) in [5.41, 5.74) is 1.10. The molecule has 78 valence electrons. The fourth-order valence-corrected chi connectivity index (χ4v) is 1.57. The van der Waals surface area contributed by atoms with Crippen molar-refractivity contribution in [3.05, 3.63) is 30.1 Å². The largest absolute Gasteiger partial charge is 0.391 e. The number of pyridine rings is 1. The quantitative estimate of drug-likeness (QED) is 0.663. The van der Waals surface area contributed by atoms with Crippen molar-refractivity contribution in [1.29, 1.82) is 0 Å². The van der Waals surface area contributed by atoms with Crippen LogP contribution in [0.1, 0.15) is 19.0 Å². The molecule has 1 heterocycles. The molecule has 0 fully saturated rings. The summed E-state index contributed by atoms with van der Waals surface area (Å²) in [5, 5.41) is 8.90. The Balaban J connectivity index is 2.46. The molecule has 1 aromatic rings. The Morgan fingerprint density at radius 2 is 2.21 bits per heavy atom. The molecule has 0 aliphatic rings. The Morgan fingerprint density at radius 1 is 1.36 bits per heavy atom. The van der Waals surface area contributed by atoms with Crippen LogP contribution in [0, 0.1) is 0 Å². The molecule has 1 aromatic heterocycles. The van der Waals surface area contributed by atoms with Crippen LogP contribution in [-0.2, 0) is 6.54 Å². The van der Waals surface area contributed by atoms with Gasteiger partial charge in [0.15, 0.2) is 0 Å². The van der Waals surface area contributed by atoms with Crippen LogP contribution in [0.15, 0.2) is 24.4 Å². The first-order chi connectivity index (χ1) is 6.86. The minimum Gasteiger partial charge on any atom is -0.391 e. The van der Waals surface area contributed by atoms with Crippen LogP contribution >= 0.6 is 0 Å². The fraction of sp³-hybridized carbons (Fsp3) is 0.545. The van der Waals surface area contributed by atoms with Crippen molar-refractivity contribution in [2.75, 3.05) is 19.7 Å². The molecule has 0 radical (unpaired) electrons. The van der Waals surface area contributed by atoms with E-state index in [1.54, 1.807) is 0 Å². The molecule has 3 heteroatoms. The van der Waals surface area contributed by atoms with Gasteiger partial charge < -0.3 is 10.0 Å². The van der Waals surface area contributed by atoms with Gasteiger partial charge in [-0.3, -0.25) is 4.98 Å². The zero-order valence-electron chi connectivity index (χ0n) is 8.74. The number of rotatable bonds is 6. The molecule has 2 N–H and O–H groups in total. The molecule has 1 atom stereocenters. The van der Waals surface area contributed by atoms with Crippen molar-refractivity contribution in [2.45, 2.75) is 19.9 Å². The lowest BCUT2D eigenvalue weighted by Crippen LogP contribution is -3.11. The summed E-state index contributed by atoms with van der Waals surface area (Å²) in [6.07, 6.45) is 2.96. The third kappa shape index (κ3) is 3.85. The number of quaternary nitrogens is 1. The highest BCUT2D eigenvalue weighted by Crippen LogP contribution is 1.89. The van der Waals surface area contributed by atoms with E-state index < -0.39 is 0 Å². The zero-order chi connectivity index (χ0) is 10.2. The SMILES string of the molecule is CCC[NH+](CCO)Cc1ccccn1. The average Bonchev–Trinajstić information content (AvgIpc) is 2.20. The van der Waals surface area contributed by atoms with Gasteiger partial charge in [0, 0.05) is 6.20 Å². The van der Waals surface area contributed by atoms with E-state index in [0.717, 1.165) is 31.7 Å². The molecule has 0 aromatic carbocycles. The summed E-state index contributed by atoms with van der Waals surface area (Å²) < 4.78 is 0. The number of aliphatic hydroxyl groups is 1. The predicted molar refractivity (Wildman–Crippen MR) is 56.0 cm³/mol. The maximum absolute atomic E-state index is 8.90. The maximum Gasteiger partial charge on any atom is 0.120 e. The van der Waals surface area contributed by atoms with Gasteiger partial charge in [0.25, 0.3) is 0 Å². The second-order valence-corrected chi connectivity index (χ2v) is 3.47. The molecule has 0 saturated carbocycles. The Kier molecular flexibility index (Phi) is 5.19. The molecule has 1 rings (SSSR count). The van der Waals surface area contributed by atoms with E-state index >= 15 is 0 Å². The lowest BCUT2D eigenvalue weighted by molar-refractivity contribution is -0.914. The highest BCUT2D eigenvalue weighted by atomic mass is 16.3. The van der Waals surface area contributed by atoms with E-state index in [9.17, 15) is 0 Å². The molecule has 14 heavy (non-hydrogen) atoms. The molecule has 0 aliphatic carbocycles. The van der Waals surface area contributed by atoms with Gasteiger partial charge in [-0.25, -0.2) is 0 Å². The van der Waals surface area contributed by atoms with Crippen LogP contribution in [-0.4, -0.2) is 29.8 Å². The summed E-state index contributed by atoms with van der Waals surface area (Å²) in [4.78, 5) is 5.68. The summed E-state index contributed by atoms with van der Waals surface area (Å²) in [6.45, 7) is 5.23. The molecule has 0 saturated heterocycles. The smallest absolute Gasteiger partial charge is 0.120 e.